The second-order valence-electron chi connectivity index (χ2n) is 11.2. The minimum Gasteiger partial charge on any atom is -0.508 e. The molecule has 2 atom stereocenters. The maximum atomic E-state index is 11.9. The molecule has 3 rings (SSSR count). The predicted molar refractivity (Wildman–Crippen MR) is 148 cm³/mol. The van der Waals surface area contributed by atoms with Gasteiger partial charge in [-0.05, 0) is 88.3 Å². The third kappa shape index (κ3) is 10.7. The molecule has 2 aromatic carbocycles. The highest BCUT2D eigenvalue weighted by atomic mass is 16.6. The minimum absolute atomic E-state index is 0.0382. The highest BCUT2D eigenvalue weighted by Crippen LogP contribution is 2.26. The lowest BCUT2D eigenvalue weighted by atomic mass is 9.95. The van der Waals surface area contributed by atoms with Crippen molar-refractivity contribution in [2.24, 2.45) is 0 Å². The summed E-state index contributed by atoms with van der Waals surface area (Å²) >= 11 is 0. The fraction of sp³-hybridized carbons (Fsp3) is 0.484. The number of carbonyl (C=O) groups is 2. The van der Waals surface area contributed by atoms with E-state index in [0.29, 0.717) is 25.4 Å². The predicted octanol–water partition coefficient (Wildman–Crippen LogP) is 7.23. The Morgan fingerprint density at radius 3 is 1.89 bits per heavy atom. The van der Waals surface area contributed by atoms with Crippen LogP contribution in [-0.4, -0.2) is 46.7 Å². The molecular formula is C31H43NO5. The summed E-state index contributed by atoms with van der Waals surface area (Å²) in [5, 5.41) is 9.05. The summed E-state index contributed by atoms with van der Waals surface area (Å²) < 4.78 is 11.2. The molecule has 0 aromatic heterocycles. The molecular weight excluding hydrogens is 466 g/mol. The maximum Gasteiger partial charge on any atom is 0.410 e. The number of rotatable bonds is 8. The molecule has 0 aliphatic carbocycles. The number of likely N-dealkylation sites (tertiary alicyclic amines) is 1. The van der Waals surface area contributed by atoms with Crippen molar-refractivity contribution >= 4 is 11.9 Å². The van der Waals surface area contributed by atoms with E-state index in [9.17, 15) is 9.59 Å². The molecule has 0 bridgehead atoms. The largest absolute Gasteiger partial charge is 0.508 e. The molecule has 1 aliphatic heterocycles. The zero-order valence-corrected chi connectivity index (χ0v) is 23.4. The van der Waals surface area contributed by atoms with Crippen LogP contribution in [0.2, 0.25) is 0 Å². The van der Waals surface area contributed by atoms with Gasteiger partial charge in [0.15, 0.2) is 0 Å². The first-order chi connectivity index (χ1) is 17.2. The molecule has 2 aromatic rings. The van der Waals surface area contributed by atoms with Crippen molar-refractivity contribution in [3.8, 4) is 11.5 Å². The third-order valence-corrected chi connectivity index (χ3v) is 5.96. The molecule has 0 radical (unpaired) electrons. The number of allylic oxidation sites excluding steroid dienone is 1. The van der Waals surface area contributed by atoms with Gasteiger partial charge in [0.2, 0.25) is 0 Å². The first-order valence-corrected chi connectivity index (χ1v) is 12.9. The van der Waals surface area contributed by atoms with Gasteiger partial charge in [-0.1, -0.05) is 43.7 Å². The number of ether oxygens (including phenoxy) is 2. The molecule has 1 aliphatic rings. The molecule has 1 saturated heterocycles. The van der Waals surface area contributed by atoms with Crippen molar-refractivity contribution in [3.05, 3.63) is 71.8 Å². The van der Waals surface area contributed by atoms with Crippen LogP contribution in [0.4, 0.5) is 4.79 Å². The van der Waals surface area contributed by atoms with E-state index in [-0.39, 0.29) is 29.6 Å². The van der Waals surface area contributed by atoms with Crippen molar-refractivity contribution in [3.63, 3.8) is 0 Å². The van der Waals surface area contributed by atoms with Gasteiger partial charge >= 0.3 is 6.09 Å². The molecule has 0 unspecified atom stereocenters. The molecule has 1 fully saturated rings. The summed E-state index contributed by atoms with van der Waals surface area (Å²) in [6, 6.07) is 15.2. The SMILES string of the molecule is C=C(C)C[C@@H](C)c1ccc(OC2CN(C(=O)OC(C)(C)C)C2)cc1.CC(=O)C[C@@H](C)c1ccc(O)cc1. The van der Waals surface area contributed by atoms with E-state index in [0.717, 1.165) is 17.7 Å². The molecule has 1 amide bonds. The Labute approximate surface area is 222 Å². The van der Waals surface area contributed by atoms with Crippen LogP contribution in [0, 0.1) is 0 Å². The molecule has 6 nitrogen and oxygen atoms in total. The van der Waals surface area contributed by atoms with Crippen molar-refractivity contribution in [2.45, 2.75) is 84.8 Å². The Kier molecular flexibility index (Phi) is 10.8. The van der Waals surface area contributed by atoms with Crippen molar-refractivity contribution < 1.29 is 24.2 Å². The van der Waals surface area contributed by atoms with Gasteiger partial charge in [-0.25, -0.2) is 4.79 Å². The highest BCUT2D eigenvalue weighted by Gasteiger charge is 2.35. The van der Waals surface area contributed by atoms with Crippen LogP contribution in [0.3, 0.4) is 0 Å². The summed E-state index contributed by atoms with van der Waals surface area (Å²) in [5.41, 5.74) is 3.11. The monoisotopic (exact) mass is 509 g/mol. The van der Waals surface area contributed by atoms with Crippen molar-refractivity contribution in [1.82, 2.24) is 4.90 Å². The summed E-state index contributed by atoms with van der Waals surface area (Å²) in [7, 11) is 0. The lowest BCUT2D eigenvalue weighted by Crippen LogP contribution is -2.57. The number of amides is 1. The molecule has 0 saturated carbocycles. The molecule has 6 heteroatoms. The van der Waals surface area contributed by atoms with E-state index < -0.39 is 5.60 Å². The van der Waals surface area contributed by atoms with E-state index in [2.05, 4.69) is 32.6 Å². The molecule has 37 heavy (non-hydrogen) atoms. The third-order valence-electron chi connectivity index (χ3n) is 5.96. The van der Waals surface area contributed by atoms with Crippen LogP contribution in [0.25, 0.3) is 0 Å². The van der Waals surface area contributed by atoms with E-state index in [1.54, 1.807) is 24.0 Å². The second-order valence-corrected chi connectivity index (χ2v) is 11.2. The summed E-state index contributed by atoms with van der Waals surface area (Å²) in [4.78, 5) is 24.4. The number of phenols is 1. The van der Waals surface area contributed by atoms with Crippen molar-refractivity contribution in [2.75, 3.05) is 13.1 Å². The summed E-state index contributed by atoms with van der Waals surface area (Å²) in [5.74, 6) is 2.00. The standard InChI is InChI=1S/C20H29NO3.C11H14O2/c1-14(2)11-15(3)16-7-9-17(10-8-16)23-18-12-21(13-18)19(22)24-20(4,5)6;1-8(7-9(2)12)10-3-5-11(13)6-4-10/h7-10,15,18H,1,11-13H2,2-6H3;3-6,8,13H,7H2,1-2H3/t15-;8-/m11/s1. The first-order valence-electron chi connectivity index (χ1n) is 12.9. The zero-order valence-electron chi connectivity index (χ0n) is 23.4. The molecule has 1 heterocycles. The zero-order chi connectivity index (χ0) is 27.8. The van der Waals surface area contributed by atoms with Crippen LogP contribution in [0.1, 0.15) is 84.3 Å². The number of hydrogen-bond acceptors (Lipinski definition) is 5. The van der Waals surface area contributed by atoms with Crippen molar-refractivity contribution in [1.29, 1.82) is 0 Å². The second kappa shape index (κ2) is 13.3. The topological polar surface area (TPSA) is 76.1 Å². The van der Waals surface area contributed by atoms with Gasteiger partial charge in [-0.15, -0.1) is 6.58 Å². The van der Waals surface area contributed by atoms with Crippen LogP contribution in [0.5, 0.6) is 11.5 Å². The number of hydrogen-bond donors (Lipinski definition) is 1. The van der Waals surface area contributed by atoms with Gasteiger partial charge in [0.25, 0.3) is 0 Å². The number of Topliss-reactive ketones (excluding diaryl/α,β-unsaturated/α-hetero) is 1. The minimum atomic E-state index is -0.459. The Morgan fingerprint density at radius 1 is 0.946 bits per heavy atom. The smallest absolute Gasteiger partial charge is 0.410 e. The van der Waals surface area contributed by atoms with Gasteiger partial charge in [-0.2, -0.15) is 0 Å². The quantitative estimate of drug-likeness (QED) is 0.380. The normalized spacial score (nSPS) is 14.9. The Bertz CT molecular complexity index is 1030. The van der Waals surface area contributed by atoms with Crippen LogP contribution >= 0.6 is 0 Å². The molecule has 0 spiro atoms. The number of nitrogens with zero attached hydrogens (tertiary/aromatic N) is 1. The number of phenolic OH excluding ortho intramolecular Hbond substituents is 1. The Hall–Kier alpha value is -3.28. The highest BCUT2D eigenvalue weighted by molar-refractivity contribution is 5.76. The van der Waals surface area contributed by atoms with Gasteiger partial charge in [-0.3, -0.25) is 0 Å². The Morgan fingerprint density at radius 2 is 1.43 bits per heavy atom. The fourth-order valence-electron chi connectivity index (χ4n) is 4.05. The van der Waals surface area contributed by atoms with Gasteiger partial charge in [0.1, 0.15) is 29.0 Å². The number of ketones is 1. The summed E-state index contributed by atoms with van der Waals surface area (Å²) in [6.07, 6.45) is 1.32. The molecule has 202 valence electrons. The molecule has 1 N–H and O–H groups in total. The maximum absolute atomic E-state index is 11.9. The first kappa shape index (κ1) is 29.9. The lowest BCUT2D eigenvalue weighted by Gasteiger charge is -2.39. The van der Waals surface area contributed by atoms with Crippen LogP contribution < -0.4 is 4.74 Å². The average Bonchev–Trinajstić information content (AvgIpc) is 2.75. The number of carbonyl (C=O) groups excluding carboxylic acids is 2. The van der Waals surface area contributed by atoms with E-state index >= 15 is 0 Å². The van der Waals surface area contributed by atoms with Crippen LogP contribution in [0.15, 0.2) is 60.7 Å². The average molecular weight is 510 g/mol. The van der Waals surface area contributed by atoms with E-state index in [4.69, 9.17) is 14.6 Å². The lowest BCUT2D eigenvalue weighted by molar-refractivity contribution is -0.117. The summed E-state index contributed by atoms with van der Waals surface area (Å²) in [6.45, 7) is 18.6. The number of benzene rings is 2. The van der Waals surface area contributed by atoms with Gasteiger partial charge in [0.05, 0.1) is 13.1 Å². The Balaban J connectivity index is 0.000000312. The van der Waals surface area contributed by atoms with Gasteiger partial charge < -0.3 is 24.3 Å². The number of aromatic hydroxyl groups is 1. The fourth-order valence-corrected chi connectivity index (χ4v) is 4.05. The van der Waals surface area contributed by atoms with Gasteiger partial charge in [0, 0.05) is 6.42 Å². The van der Waals surface area contributed by atoms with E-state index in [1.807, 2.05) is 52.0 Å². The van der Waals surface area contributed by atoms with Crippen LogP contribution in [-0.2, 0) is 9.53 Å². The van der Waals surface area contributed by atoms with E-state index in [1.165, 1.54) is 11.1 Å².